The van der Waals surface area contributed by atoms with Gasteiger partial charge in [0.1, 0.15) is 34.3 Å². The third-order valence-corrected chi connectivity index (χ3v) is 26.3. The minimum Gasteiger partial charge on any atom is -0.370 e. The molecule has 29 nitrogen and oxygen atoms in total. The van der Waals surface area contributed by atoms with Gasteiger partial charge in [0.2, 0.25) is 41.4 Å². The number of azide groups is 1. The second kappa shape index (κ2) is 41.5. The third-order valence-electron chi connectivity index (χ3n) is 13.5. The minimum absolute atomic E-state index is 0.00130. The van der Waals surface area contributed by atoms with E-state index < -0.39 is 34.0 Å². The zero-order chi connectivity index (χ0) is 69.0. The predicted octanol–water partition coefficient (Wildman–Crippen LogP) is 6.54. The number of benzene rings is 1. The van der Waals surface area contributed by atoms with Crippen LogP contribution in [0, 0.1) is 6.92 Å². The Balaban J connectivity index is 0.000000180. The van der Waals surface area contributed by atoms with Crippen molar-refractivity contribution in [3.8, 4) is 0 Å². The molecule has 12 rings (SSSR count). The lowest BCUT2D eigenvalue weighted by atomic mass is 10.0. The molecule has 41 heteroatoms. The van der Waals surface area contributed by atoms with Crippen LogP contribution in [0.1, 0.15) is 37.7 Å². The van der Waals surface area contributed by atoms with E-state index >= 15 is 0 Å². The molecular weight excluding hydrogens is 1520 g/mol. The molecule has 0 spiro atoms. The molecule has 520 valence electrons. The second-order valence-corrected chi connectivity index (χ2v) is 33.8. The van der Waals surface area contributed by atoms with Crippen LogP contribution in [0.3, 0.4) is 0 Å². The zero-order valence-electron chi connectivity index (χ0n) is 51.8. The lowest BCUT2D eigenvalue weighted by Gasteiger charge is -2.38. The first kappa shape index (κ1) is 79.9. The van der Waals surface area contributed by atoms with E-state index in [1.807, 2.05) is 6.92 Å². The number of hydrogen-bond acceptors (Lipinski definition) is 29. The topological polar surface area (TPSA) is 360 Å². The van der Waals surface area contributed by atoms with E-state index in [4.69, 9.17) is 36.9 Å². The normalized spacial score (nSPS) is 23.8. The molecule has 1 aromatic rings. The number of hydroxylamine groups is 8. The molecule has 7 fully saturated rings. The van der Waals surface area contributed by atoms with E-state index in [1.54, 1.807) is 130 Å². The zero-order valence-corrected chi connectivity index (χ0v) is 62.4. The Bertz CT molecular complexity index is 3220. The summed E-state index contributed by atoms with van der Waals surface area (Å²) in [5.41, 5.74) is 9.21. The number of aliphatic imine (C=N–C) groups is 4. The summed E-state index contributed by atoms with van der Waals surface area (Å²) in [6.07, 6.45) is 5.00. The Morgan fingerprint density at radius 3 is 1.48 bits per heavy atom. The number of nitrogens with one attached hydrogen (secondary N) is 2. The largest absolute Gasteiger partial charge is 0.370 e. The van der Waals surface area contributed by atoms with Gasteiger partial charge in [-0.1, -0.05) is 169 Å². The maximum Gasteiger partial charge on any atom is 0.332 e. The van der Waals surface area contributed by atoms with Crippen molar-refractivity contribution in [2.75, 3.05) is 117 Å². The van der Waals surface area contributed by atoms with Gasteiger partial charge in [-0.15, -0.1) is 17.4 Å². The Labute approximate surface area is 602 Å². The number of hydrogen-bond donors (Lipinski definition) is 3. The molecule has 3 N–H and O–H groups in total. The van der Waals surface area contributed by atoms with Crippen LogP contribution in [0.4, 0.5) is 4.79 Å². The van der Waals surface area contributed by atoms with Crippen LogP contribution in [0.15, 0.2) is 79.6 Å². The second-order valence-electron chi connectivity index (χ2n) is 20.4. The number of imide groups is 2. The molecule has 6 atom stereocenters. The quantitative estimate of drug-likeness (QED) is 0.0152. The summed E-state index contributed by atoms with van der Waals surface area (Å²) in [4.78, 5) is 120. The van der Waals surface area contributed by atoms with Gasteiger partial charge in [-0.05, 0) is 24.6 Å². The van der Waals surface area contributed by atoms with Crippen LogP contribution < -0.4 is 10.6 Å². The van der Waals surface area contributed by atoms with E-state index in [-0.39, 0.29) is 71.1 Å². The Hall–Kier alpha value is -4.04. The average Bonchev–Trinajstić information content (AvgIpc) is 1.06. The van der Waals surface area contributed by atoms with E-state index in [9.17, 15) is 46.8 Å². The number of barbiturate groups is 1. The fraction of sp³-hybridized carbons (Fsp3) is 0.574. The maximum absolute atomic E-state index is 12.2. The van der Waals surface area contributed by atoms with Gasteiger partial charge in [0.25, 0.3) is 0 Å². The summed E-state index contributed by atoms with van der Waals surface area (Å²) in [6.45, 7) is 14.3. The molecule has 0 radical (unpaired) electrons. The molecule has 7 saturated heterocycles. The van der Waals surface area contributed by atoms with Gasteiger partial charge in [-0.25, -0.2) is 20.0 Å². The number of carbonyl (C=O) groups excluding carboxylic acids is 8. The molecule has 11 aliphatic rings. The highest BCUT2D eigenvalue weighted by atomic mass is 79.9. The number of thiocarbonyl (C=S) groups is 1. The van der Waals surface area contributed by atoms with E-state index in [0.29, 0.717) is 44.6 Å². The van der Waals surface area contributed by atoms with Crippen molar-refractivity contribution in [2.24, 2.45) is 25.1 Å². The summed E-state index contributed by atoms with van der Waals surface area (Å²) in [5, 5.41) is 23.7. The first-order valence-corrected chi connectivity index (χ1v) is 40.9. The molecule has 0 bridgehead atoms. The number of thioether (sulfide) groups is 9. The highest BCUT2D eigenvalue weighted by Crippen LogP contribution is 2.33. The van der Waals surface area contributed by atoms with Crippen molar-refractivity contribution in [2.45, 2.75) is 80.2 Å². The Morgan fingerprint density at radius 2 is 1.12 bits per heavy atom. The number of amides is 9. The fourth-order valence-electron chi connectivity index (χ4n) is 8.13. The lowest BCUT2D eigenvalue weighted by Crippen LogP contribution is -2.62. The number of halogens is 1. The highest BCUT2D eigenvalue weighted by molar-refractivity contribution is 9.09. The monoisotopic (exact) mass is 1590 g/mol. The van der Waals surface area contributed by atoms with E-state index in [2.05, 4.69) is 69.7 Å². The molecule has 4 unspecified atom stereocenters. The Morgan fingerprint density at radius 1 is 0.674 bits per heavy atom. The molecule has 0 aliphatic carbocycles. The number of urea groups is 1. The van der Waals surface area contributed by atoms with Crippen LogP contribution in [0.25, 0.3) is 10.4 Å². The molecular formula is C54H72BrN15O14S11. The molecule has 1 aromatic carbocycles. The summed E-state index contributed by atoms with van der Waals surface area (Å²) in [6, 6.07) is 5.36. The van der Waals surface area contributed by atoms with E-state index in [1.165, 1.54) is 36.4 Å². The van der Waals surface area contributed by atoms with E-state index in [0.717, 1.165) is 131 Å². The van der Waals surface area contributed by atoms with Crippen molar-refractivity contribution in [3.63, 3.8) is 0 Å². The Kier molecular flexibility index (Phi) is 34.9. The van der Waals surface area contributed by atoms with Crippen molar-refractivity contribution in [3.05, 3.63) is 65.6 Å². The van der Waals surface area contributed by atoms with Crippen LogP contribution in [0.2, 0.25) is 0 Å². The van der Waals surface area contributed by atoms with Gasteiger partial charge in [-0.3, -0.25) is 78.2 Å². The molecule has 95 heavy (non-hydrogen) atoms. The molecule has 11 aliphatic heterocycles. The third kappa shape index (κ3) is 25.6. The first-order valence-electron chi connectivity index (χ1n) is 29.1. The van der Waals surface area contributed by atoms with Gasteiger partial charge < -0.3 is 10.6 Å². The number of rotatable bonds is 19. The van der Waals surface area contributed by atoms with Gasteiger partial charge >= 0.3 is 16.1 Å². The number of alkyl halides is 1. The van der Waals surface area contributed by atoms with Crippen LogP contribution in [-0.2, 0) is 57.6 Å². The average molecular weight is 1590 g/mol. The van der Waals surface area contributed by atoms with Crippen molar-refractivity contribution >= 4 is 213 Å². The minimum atomic E-state index is -3.98. The summed E-state index contributed by atoms with van der Waals surface area (Å²) >= 11 is 23.2. The highest BCUT2D eigenvalue weighted by Gasteiger charge is 2.43. The van der Waals surface area contributed by atoms with Gasteiger partial charge in [0.05, 0.1) is 100 Å². The molecule has 0 saturated carbocycles. The summed E-state index contributed by atoms with van der Waals surface area (Å²) < 4.78 is 34.8. The van der Waals surface area contributed by atoms with Crippen molar-refractivity contribution in [1.29, 1.82) is 0 Å². The number of aryl methyl sites for hydroxylation is 1. The van der Waals surface area contributed by atoms with Crippen LogP contribution in [0.5, 0.6) is 0 Å². The molecule has 0 aromatic heterocycles. The van der Waals surface area contributed by atoms with Gasteiger partial charge in [0, 0.05) is 82.7 Å². The van der Waals surface area contributed by atoms with Crippen LogP contribution in [-0.4, -0.2) is 266 Å². The molecule has 11 heterocycles. The summed E-state index contributed by atoms with van der Waals surface area (Å²) in [7, 11) is -1.27. The first-order chi connectivity index (χ1) is 45.6. The maximum atomic E-state index is 12.2. The lowest BCUT2D eigenvalue weighted by molar-refractivity contribution is -0.219. The smallest absolute Gasteiger partial charge is 0.332 e. The number of carbonyl (C=O) groups is 8. The van der Waals surface area contributed by atoms with Gasteiger partial charge in [-0.2, -0.15) is 13.5 Å². The van der Waals surface area contributed by atoms with Crippen LogP contribution >= 0.6 is 134 Å². The number of nitrogens with zero attached hydrogens (tertiary/aromatic N) is 13. The van der Waals surface area contributed by atoms with Crippen molar-refractivity contribution in [1.82, 2.24) is 40.7 Å². The SMILES string of the molecule is C=CCON1C(=O)CC1CBr.C=CCON1C(=O)CC1CSC1=NCCS1.CN1C(=O)CC(=O)N(C)C1=O.Cc1ccc(S(=O)(=O)ON2C(=O)CC2CSC2=NCCS2)cc1.O=C1CC(CSC2=NCCS2)N1O.S=C1NCCS1.[N-]=[N+]=N[C@@H]1C(=O)N[C@H]1CSC1=NCCS1. The predicted molar refractivity (Wildman–Crippen MR) is 391 cm³/mol. The van der Waals surface area contributed by atoms with Crippen molar-refractivity contribution < 1.29 is 65.9 Å². The van der Waals surface area contributed by atoms with Gasteiger partial charge in [0.15, 0.2) is 0 Å². The summed E-state index contributed by atoms with van der Waals surface area (Å²) in [5.74, 6) is 6.81. The standard InChI is InChI=1S/C14H16N2O4S3.C10H14N2O2S2.C7H10BrNO2.C7H9N5OS2.C7H10N2O2S2.C6H8N2O3.C3H5NS2/c1-10-2-4-12(5-3-10)23(18,19)20-16-11(8-13(16)17)9-22-14-15-6-7-21-14;1-2-4-14-12-8(6-9(12)13)7-16-10-11-3-5-15-10;1-2-3-11-9-6(5-8)4-7(9)10;8-12-11-5-4(10-6(5)13)3-15-7-9-1-2-14-7;10-6-3-5(9(6)11)4-13-7-8-1-2-12-7;1-7-4(9)3-5(10)8(2)6(7)11;5-3-4-1-2-6-3/h2-5,11H,6-9H2,1H3;2,8H,1,3-7H2;2,6H,1,3-5H2;4-5H,1-3H2,(H,10,13);5,11H,1-4H2;3H2,1-2H3;1-2H2,(H,4,5)/t;;;4-,5-;;;/m...0.../s1. The number of β-lactam (4-membered cyclic amide) rings is 5. The fourth-order valence-corrected chi connectivity index (χ4v) is 18.9. The molecule has 9 amide bonds.